The first-order valence-electron chi connectivity index (χ1n) is 13.6. The number of carbonyl (C=O) groups is 1. The number of halogens is 1. The second-order valence-electron chi connectivity index (χ2n) is 10.2. The summed E-state index contributed by atoms with van der Waals surface area (Å²) in [6.45, 7) is 2.92. The quantitative estimate of drug-likeness (QED) is 0.145. The second kappa shape index (κ2) is 12.0. The zero-order valence-electron chi connectivity index (χ0n) is 23.1. The Hall–Kier alpha value is -3.75. The number of hydrogen-bond donors (Lipinski definition) is 0. The van der Waals surface area contributed by atoms with Crippen molar-refractivity contribution in [3.63, 3.8) is 0 Å². The van der Waals surface area contributed by atoms with E-state index in [4.69, 9.17) is 26.1 Å². The third-order valence-electron chi connectivity index (χ3n) is 7.69. The first-order valence-corrected chi connectivity index (χ1v) is 15.0. The molecule has 0 radical (unpaired) electrons. The number of rotatable bonds is 7. The number of hydrogen-bond acceptors (Lipinski definition) is 7. The van der Waals surface area contributed by atoms with Gasteiger partial charge in [0, 0.05) is 43.6 Å². The molecule has 6 rings (SSSR count). The SMILES string of the molecule is COc1cc2c(cc1OC)CN(c1cc(Cl)nc(SCc3ccc(C(=O)N4CCc5ccccc5C4)cc3)n1)CC2. The standard InChI is InChI=1S/C32H31ClN4O3S/c1-39-27-15-24-12-13-36(19-26(24)16-28(27)40-2)30-17-29(33)34-32(35-30)41-20-21-7-9-23(10-8-21)31(38)37-14-11-22-5-3-4-6-25(22)18-37/h3-10,15-17H,11-14,18-20H2,1-2H3. The Labute approximate surface area is 249 Å². The van der Waals surface area contributed by atoms with Gasteiger partial charge in [-0.15, -0.1) is 0 Å². The number of fused-ring (bicyclic) bond motifs is 2. The molecule has 210 valence electrons. The van der Waals surface area contributed by atoms with E-state index in [-0.39, 0.29) is 5.91 Å². The molecule has 41 heavy (non-hydrogen) atoms. The monoisotopic (exact) mass is 586 g/mol. The van der Waals surface area contributed by atoms with E-state index in [0.717, 1.165) is 48.8 Å². The predicted molar refractivity (Wildman–Crippen MR) is 162 cm³/mol. The van der Waals surface area contributed by atoms with Crippen LogP contribution in [-0.4, -0.2) is 48.1 Å². The average Bonchev–Trinajstić information content (AvgIpc) is 3.02. The van der Waals surface area contributed by atoms with Crippen LogP contribution in [-0.2, 0) is 31.7 Å². The van der Waals surface area contributed by atoms with E-state index in [1.54, 1.807) is 14.2 Å². The summed E-state index contributed by atoms with van der Waals surface area (Å²) in [5.74, 6) is 3.01. The van der Waals surface area contributed by atoms with E-state index < -0.39 is 0 Å². The molecule has 3 aromatic carbocycles. The van der Waals surface area contributed by atoms with Crippen molar-refractivity contribution in [3.8, 4) is 11.5 Å². The first kappa shape index (κ1) is 27.4. The van der Waals surface area contributed by atoms with Crippen molar-refractivity contribution < 1.29 is 14.3 Å². The van der Waals surface area contributed by atoms with Gasteiger partial charge in [0.25, 0.3) is 5.91 Å². The molecule has 0 unspecified atom stereocenters. The van der Waals surface area contributed by atoms with Crippen LogP contribution in [0.4, 0.5) is 5.82 Å². The molecule has 4 aromatic rings. The summed E-state index contributed by atoms with van der Waals surface area (Å²) in [4.78, 5) is 26.6. The molecule has 0 saturated carbocycles. The Morgan fingerprint density at radius 1 is 0.854 bits per heavy atom. The summed E-state index contributed by atoms with van der Waals surface area (Å²) in [7, 11) is 3.31. The Kier molecular flexibility index (Phi) is 8.03. The summed E-state index contributed by atoms with van der Waals surface area (Å²) in [5.41, 5.74) is 6.80. The van der Waals surface area contributed by atoms with Crippen LogP contribution < -0.4 is 14.4 Å². The lowest BCUT2D eigenvalue weighted by Crippen LogP contribution is -2.35. The fraction of sp³-hybridized carbons (Fsp3) is 0.281. The van der Waals surface area contributed by atoms with Crippen LogP contribution in [0, 0.1) is 0 Å². The number of aromatic nitrogens is 2. The van der Waals surface area contributed by atoms with Crippen LogP contribution in [0.1, 0.15) is 38.2 Å². The van der Waals surface area contributed by atoms with Crippen LogP contribution in [0.5, 0.6) is 11.5 Å². The number of ether oxygens (including phenoxy) is 2. The van der Waals surface area contributed by atoms with Crippen molar-refractivity contribution in [2.75, 3.05) is 32.2 Å². The summed E-state index contributed by atoms with van der Waals surface area (Å²) < 4.78 is 11.0. The topological polar surface area (TPSA) is 67.8 Å². The minimum absolute atomic E-state index is 0.0701. The zero-order valence-corrected chi connectivity index (χ0v) is 24.7. The van der Waals surface area contributed by atoms with E-state index in [9.17, 15) is 4.79 Å². The maximum Gasteiger partial charge on any atom is 0.254 e. The van der Waals surface area contributed by atoms with Gasteiger partial charge in [-0.1, -0.05) is 59.8 Å². The lowest BCUT2D eigenvalue weighted by molar-refractivity contribution is 0.0734. The average molecular weight is 587 g/mol. The van der Waals surface area contributed by atoms with Gasteiger partial charge in [-0.05, 0) is 64.9 Å². The molecule has 1 aromatic heterocycles. The molecule has 0 saturated heterocycles. The number of thioether (sulfide) groups is 1. The number of benzene rings is 3. The number of anilines is 1. The highest BCUT2D eigenvalue weighted by atomic mass is 35.5. The van der Waals surface area contributed by atoms with E-state index in [0.29, 0.717) is 34.7 Å². The zero-order chi connectivity index (χ0) is 28.3. The normalized spacial score (nSPS) is 14.3. The Balaban J connectivity index is 1.10. The van der Waals surface area contributed by atoms with Crippen LogP contribution in [0.25, 0.3) is 0 Å². The van der Waals surface area contributed by atoms with Crippen LogP contribution in [0.2, 0.25) is 5.15 Å². The van der Waals surface area contributed by atoms with E-state index in [1.165, 1.54) is 34.0 Å². The molecule has 0 fully saturated rings. The highest BCUT2D eigenvalue weighted by Crippen LogP contribution is 2.35. The van der Waals surface area contributed by atoms with Crippen LogP contribution >= 0.6 is 23.4 Å². The molecule has 0 spiro atoms. The summed E-state index contributed by atoms with van der Waals surface area (Å²) in [6, 6.07) is 22.1. The van der Waals surface area contributed by atoms with E-state index >= 15 is 0 Å². The Bertz CT molecular complexity index is 1580. The largest absolute Gasteiger partial charge is 0.493 e. The molecule has 0 bridgehead atoms. The molecule has 0 aliphatic carbocycles. The van der Waals surface area contributed by atoms with Crippen molar-refractivity contribution in [2.24, 2.45) is 0 Å². The number of methoxy groups -OCH3 is 2. The lowest BCUT2D eigenvalue weighted by atomic mass is 9.99. The molecule has 0 N–H and O–H groups in total. The van der Waals surface area contributed by atoms with Gasteiger partial charge in [0.1, 0.15) is 11.0 Å². The van der Waals surface area contributed by atoms with Crippen molar-refractivity contribution in [1.29, 1.82) is 0 Å². The van der Waals surface area contributed by atoms with Crippen molar-refractivity contribution in [1.82, 2.24) is 14.9 Å². The Morgan fingerprint density at radius 3 is 2.32 bits per heavy atom. The number of carbonyl (C=O) groups excluding carboxylic acids is 1. The first-order chi connectivity index (χ1) is 20.0. The maximum absolute atomic E-state index is 13.1. The maximum atomic E-state index is 13.1. The highest BCUT2D eigenvalue weighted by molar-refractivity contribution is 7.98. The van der Waals surface area contributed by atoms with Gasteiger partial charge < -0.3 is 19.3 Å². The van der Waals surface area contributed by atoms with E-state index in [2.05, 4.69) is 34.1 Å². The minimum atomic E-state index is 0.0701. The molecule has 2 aliphatic heterocycles. The number of amides is 1. The Morgan fingerprint density at radius 2 is 1.56 bits per heavy atom. The van der Waals surface area contributed by atoms with Gasteiger partial charge in [0.2, 0.25) is 0 Å². The lowest BCUT2D eigenvalue weighted by Gasteiger charge is -2.30. The molecule has 0 atom stereocenters. The second-order valence-corrected chi connectivity index (χ2v) is 11.5. The molecule has 1 amide bonds. The number of nitrogens with zero attached hydrogens (tertiary/aromatic N) is 4. The molecule has 3 heterocycles. The van der Waals surface area contributed by atoms with Gasteiger partial charge in [0.15, 0.2) is 16.7 Å². The van der Waals surface area contributed by atoms with Gasteiger partial charge in [0.05, 0.1) is 14.2 Å². The van der Waals surface area contributed by atoms with Crippen LogP contribution in [0.15, 0.2) is 71.9 Å². The van der Waals surface area contributed by atoms with Crippen molar-refractivity contribution in [2.45, 2.75) is 36.8 Å². The van der Waals surface area contributed by atoms with Gasteiger partial charge in [-0.2, -0.15) is 0 Å². The molecule has 2 aliphatic rings. The molecular weight excluding hydrogens is 556 g/mol. The third kappa shape index (κ3) is 5.99. The smallest absolute Gasteiger partial charge is 0.254 e. The fourth-order valence-corrected chi connectivity index (χ4v) is 6.47. The van der Waals surface area contributed by atoms with E-state index in [1.807, 2.05) is 47.4 Å². The molecule has 7 nitrogen and oxygen atoms in total. The van der Waals surface area contributed by atoms with Gasteiger partial charge in [-0.25, -0.2) is 9.97 Å². The van der Waals surface area contributed by atoms with Crippen LogP contribution in [0.3, 0.4) is 0 Å². The van der Waals surface area contributed by atoms with Gasteiger partial charge in [-0.3, -0.25) is 4.79 Å². The summed E-state index contributed by atoms with van der Waals surface area (Å²) in [5, 5.41) is 1.04. The fourth-order valence-electron chi connectivity index (χ4n) is 5.43. The minimum Gasteiger partial charge on any atom is -0.493 e. The molecular formula is C32H31ClN4O3S. The predicted octanol–water partition coefficient (Wildman–Crippen LogP) is 6.20. The van der Waals surface area contributed by atoms with Gasteiger partial charge >= 0.3 is 0 Å². The third-order valence-corrected chi connectivity index (χ3v) is 8.80. The molecule has 9 heteroatoms. The summed E-state index contributed by atoms with van der Waals surface area (Å²) in [6.07, 6.45) is 1.76. The summed E-state index contributed by atoms with van der Waals surface area (Å²) >= 11 is 7.96. The van der Waals surface area contributed by atoms with Crippen molar-refractivity contribution in [3.05, 3.63) is 105 Å². The van der Waals surface area contributed by atoms with Crippen molar-refractivity contribution >= 4 is 35.1 Å². The highest BCUT2D eigenvalue weighted by Gasteiger charge is 2.23.